The molecule has 0 aliphatic carbocycles. The van der Waals surface area contributed by atoms with Gasteiger partial charge in [-0.2, -0.15) is 5.10 Å². The molecule has 6 nitrogen and oxygen atoms in total. The van der Waals surface area contributed by atoms with Crippen molar-refractivity contribution in [1.82, 2.24) is 19.6 Å². The number of β-amino-alcohol motifs (C(OH)–C–C–N with tert-alkyl or cyclic N) is 1. The maximum atomic E-state index is 12.2. The molecule has 2 heterocycles. The summed E-state index contributed by atoms with van der Waals surface area (Å²) in [4.78, 5) is 16.3. The minimum atomic E-state index is -0.676. The number of nitrogens with zero attached hydrogens (tertiary/aromatic N) is 4. The molecule has 0 radical (unpaired) electrons. The normalized spacial score (nSPS) is 17.2. The Morgan fingerprint density at radius 2 is 2.00 bits per heavy atom. The van der Waals surface area contributed by atoms with Gasteiger partial charge in [0.2, 0.25) is 5.91 Å². The molecule has 0 bridgehead atoms. The van der Waals surface area contributed by atoms with E-state index < -0.39 is 5.60 Å². The standard InChI is InChI=1S/C15H26N4O2/c1-13-10-16-19(11-13)5-4-14(20)18-8-6-17(7-9-18)12-15(2,3)21/h10-11,21H,4-9,12H2,1-3H3. The van der Waals surface area contributed by atoms with Crippen molar-refractivity contribution in [2.45, 2.75) is 39.3 Å². The summed E-state index contributed by atoms with van der Waals surface area (Å²) in [5.74, 6) is 0.186. The van der Waals surface area contributed by atoms with Gasteiger partial charge in [0, 0.05) is 51.9 Å². The van der Waals surface area contributed by atoms with Crippen LogP contribution in [0.2, 0.25) is 0 Å². The Hall–Kier alpha value is -1.40. The number of aromatic nitrogens is 2. The molecule has 1 aromatic rings. The van der Waals surface area contributed by atoms with Crippen molar-refractivity contribution in [3.63, 3.8) is 0 Å². The highest BCUT2D eigenvalue weighted by Gasteiger charge is 2.24. The molecule has 21 heavy (non-hydrogen) atoms. The van der Waals surface area contributed by atoms with E-state index >= 15 is 0 Å². The van der Waals surface area contributed by atoms with Crippen LogP contribution in [-0.4, -0.2) is 68.9 Å². The Labute approximate surface area is 126 Å². The average Bonchev–Trinajstić information content (AvgIpc) is 2.81. The first-order chi connectivity index (χ1) is 9.83. The number of piperazine rings is 1. The van der Waals surface area contributed by atoms with Gasteiger partial charge >= 0.3 is 0 Å². The van der Waals surface area contributed by atoms with Crippen molar-refractivity contribution in [3.05, 3.63) is 18.0 Å². The predicted molar refractivity (Wildman–Crippen MR) is 80.9 cm³/mol. The lowest BCUT2D eigenvalue weighted by atomic mass is 10.1. The zero-order valence-corrected chi connectivity index (χ0v) is 13.2. The summed E-state index contributed by atoms with van der Waals surface area (Å²) < 4.78 is 1.82. The third-order valence-corrected chi connectivity index (χ3v) is 3.65. The van der Waals surface area contributed by atoms with E-state index in [1.165, 1.54) is 0 Å². The number of carbonyl (C=O) groups excluding carboxylic acids is 1. The summed E-state index contributed by atoms with van der Waals surface area (Å²) >= 11 is 0. The summed E-state index contributed by atoms with van der Waals surface area (Å²) in [6.45, 7) is 10.1. The fraction of sp³-hybridized carbons (Fsp3) is 0.733. The minimum Gasteiger partial charge on any atom is -0.389 e. The van der Waals surface area contributed by atoms with Gasteiger partial charge < -0.3 is 10.0 Å². The zero-order valence-electron chi connectivity index (χ0n) is 13.2. The maximum absolute atomic E-state index is 12.2. The first-order valence-electron chi connectivity index (χ1n) is 7.55. The van der Waals surface area contributed by atoms with E-state index in [0.29, 0.717) is 19.5 Å². The lowest BCUT2D eigenvalue weighted by molar-refractivity contribution is -0.133. The van der Waals surface area contributed by atoms with Gasteiger partial charge in [0.25, 0.3) is 0 Å². The third-order valence-electron chi connectivity index (χ3n) is 3.65. The van der Waals surface area contributed by atoms with E-state index in [9.17, 15) is 9.90 Å². The molecular formula is C15H26N4O2. The van der Waals surface area contributed by atoms with E-state index in [-0.39, 0.29) is 5.91 Å². The quantitative estimate of drug-likeness (QED) is 0.859. The van der Waals surface area contributed by atoms with E-state index in [0.717, 1.165) is 31.7 Å². The SMILES string of the molecule is Cc1cnn(CCC(=O)N2CCN(CC(C)(C)O)CC2)c1. The number of carbonyl (C=O) groups is 1. The molecule has 0 saturated carbocycles. The topological polar surface area (TPSA) is 61.6 Å². The lowest BCUT2D eigenvalue weighted by Crippen LogP contribution is -2.52. The molecule has 118 valence electrons. The van der Waals surface area contributed by atoms with Crippen molar-refractivity contribution >= 4 is 5.91 Å². The number of aliphatic hydroxyl groups is 1. The second kappa shape index (κ2) is 6.58. The third kappa shape index (κ3) is 5.13. The Morgan fingerprint density at radius 3 is 2.52 bits per heavy atom. The molecule has 0 aromatic carbocycles. The van der Waals surface area contributed by atoms with Crippen LogP contribution in [0.4, 0.5) is 0 Å². The second-order valence-electron chi connectivity index (χ2n) is 6.50. The van der Waals surface area contributed by atoms with Gasteiger partial charge in [0.15, 0.2) is 0 Å². The van der Waals surface area contributed by atoms with Gasteiger partial charge in [-0.25, -0.2) is 0 Å². The first-order valence-corrected chi connectivity index (χ1v) is 7.55. The van der Waals surface area contributed by atoms with Gasteiger partial charge in [0.05, 0.1) is 11.8 Å². The van der Waals surface area contributed by atoms with Crippen LogP contribution in [0.5, 0.6) is 0 Å². The van der Waals surface area contributed by atoms with Crippen LogP contribution in [-0.2, 0) is 11.3 Å². The summed E-state index contributed by atoms with van der Waals surface area (Å²) in [5, 5.41) is 14.0. The highest BCUT2D eigenvalue weighted by molar-refractivity contribution is 5.76. The molecule has 1 aliphatic rings. The number of hydrogen-bond donors (Lipinski definition) is 1. The molecule has 1 aromatic heterocycles. The van der Waals surface area contributed by atoms with E-state index in [4.69, 9.17) is 0 Å². The molecule has 2 rings (SSSR count). The van der Waals surface area contributed by atoms with E-state index in [1.807, 2.05) is 36.5 Å². The monoisotopic (exact) mass is 294 g/mol. The van der Waals surface area contributed by atoms with Gasteiger partial charge in [-0.3, -0.25) is 14.4 Å². The lowest BCUT2D eigenvalue weighted by Gasteiger charge is -2.37. The summed E-state index contributed by atoms with van der Waals surface area (Å²) in [6, 6.07) is 0. The molecule has 0 spiro atoms. The number of aryl methyl sites for hydroxylation is 2. The minimum absolute atomic E-state index is 0.186. The molecule has 6 heteroatoms. The largest absolute Gasteiger partial charge is 0.389 e. The Morgan fingerprint density at radius 1 is 1.33 bits per heavy atom. The number of hydrogen-bond acceptors (Lipinski definition) is 4. The number of rotatable bonds is 5. The van der Waals surface area contributed by atoms with Crippen LogP contribution < -0.4 is 0 Å². The maximum Gasteiger partial charge on any atom is 0.224 e. The highest BCUT2D eigenvalue weighted by atomic mass is 16.3. The van der Waals surface area contributed by atoms with Gasteiger partial charge in [-0.1, -0.05) is 0 Å². The molecule has 1 amide bonds. The molecular weight excluding hydrogens is 268 g/mol. The average molecular weight is 294 g/mol. The Bertz CT molecular complexity index is 470. The molecule has 0 atom stereocenters. The van der Waals surface area contributed by atoms with Crippen LogP contribution in [0.1, 0.15) is 25.8 Å². The predicted octanol–water partition coefficient (Wildman–Crippen LogP) is 0.497. The fourth-order valence-corrected chi connectivity index (χ4v) is 2.66. The molecule has 1 aliphatic heterocycles. The zero-order chi connectivity index (χ0) is 15.5. The van der Waals surface area contributed by atoms with Crippen LogP contribution in [0, 0.1) is 6.92 Å². The van der Waals surface area contributed by atoms with Gasteiger partial charge in [-0.15, -0.1) is 0 Å². The van der Waals surface area contributed by atoms with Crippen molar-refractivity contribution in [2.24, 2.45) is 0 Å². The van der Waals surface area contributed by atoms with Crippen molar-refractivity contribution in [3.8, 4) is 0 Å². The second-order valence-corrected chi connectivity index (χ2v) is 6.50. The summed E-state index contributed by atoms with van der Waals surface area (Å²) in [6.07, 6.45) is 4.25. The number of amides is 1. The van der Waals surface area contributed by atoms with Gasteiger partial charge in [-0.05, 0) is 26.3 Å². The van der Waals surface area contributed by atoms with Crippen LogP contribution in [0.25, 0.3) is 0 Å². The summed E-state index contributed by atoms with van der Waals surface area (Å²) in [7, 11) is 0. The van der Waals surface area contributed by atoms with Crippen LogP contribution >= 0.6 is 0 Å². The van der Waals surface area contributed by atoms with Crippen molar-refractivity contribution in [2.75, 3.05) is 32.7 Å². The molecule has 0 unspecified atom stereocenters. The Kier molecular flexibility index (Phi) is 5.00. The molecule has 1 N–H and O–H groups in total. The van der Waals surface area contributed by atoms with E-state index in [2.05, 4.69) is 10.00 Å². The smallest absolute Gasteiger partial charge is 0.224 e. The van der Waals surface area contributed by atoms with E-state index in [1.54, 1.807) is 6.20 Å². The fourth-order valence-electron chi connectivity index (χ4n) is 2.66. The molecule has 1 fully saturated rings. The van der Waals surface area contributed by atoms with Crippen LogP contribution in [0.3, 0.4) is 0 Å². The highest BCUT2D eigenvalue weighted by Crippen LogP contribution is 2.09. The Balaban J connectivity index is 1.73. The first kappa shape index (κ1) is 16.0. The van der Waals surface area contributed by atoms with Gasteiger partial charge in [0.1, 0.15) is 0 Å². The van der Waals surface area contributed by atoms with Crippen molar-refractivity contribution < 1.29 is 9.90 Å². The summed E-state index contributed by atoms with van der Waals surface area (Å²) in [5.41, 5.74) is 0.437. The van der Waals surface area contributed by atoms with Crippen LogP contribution in [0.15, 0.2) is 12.4 Å². The van der Waals surface area contributed by atoms with Crippen molar-refractivity contribution in [1.29, 1.82) is 0 Å². The molecule has 1 saturated heterocycles.